The van der Waals surface area contributed by atoms with Crippen LogP contribution >= 0.6 is 11.8 Å². The predicted octanol–water partition coefficient (Wildman–Crippen LogP) is 3.05. The van der Waals surface area contributed by atoms with Gasteiger partial charge in [-0.25, -0.2) is 17.1 Å². The normalized spacial score (nSPS) is 21.6. The third kappa shape index (κ3) is 3.74. The quantitative estimate of drug-likeness (QED) is 0.856. The molecule has 1 heterocycles. The summed E-state index contributed by atoms with van der Waals surface area (Å²) < 4.78 is 39.6. The first-order valence-corrected chi connectivity index (χ1v) is 9.54. The van der Waals surface area contributed by atoms with E-state index in [2.05, 4.69) is 0 Å². The number of nitrogens with zero attached hydrogens (tertiary/aromatic N) is 1. The molecule has 0 aromatic heterocycles. The van der Waals surface area contributed by atoms with Crippen molar-refractivity contribution in [2.24, 2.45) is 0 Å². The first-order valence-electron chi connectivity index (χ1n) is 6.88. The molecule has 1 unspecified atom stereocenters. The topological polar surface area (TPSA) is 37.4 Å². The average Bonchev–Trinajstić information content (AvgIpc) is 2.65. The highest BCUT2D eigenvalue weighted by atomic mass is 32.2. The van der Waals surface area contributed by atoms with Crippen LogP contribution in [0.1, 0.15) is 30.6 Å². The second-order valence-electron chi connectivity index (χ2n) is 4.88. The molecule has 1 saturated heterocycles. The maximum atomic E-state index is 13.8. The monoisotopic (exact) mass is 317 g/mol. The Balaban J connectivity index is 2.08. The SMILES string of the molecule is CCCS(=O)(=O)N1CCSC(c2ccccc2F)CC1. The van der Waals surface area contributed by atoms with E-state index in [1.54, 1.807) is 28.2 Å². The summed E-state index contributed by atoms with van der Waals surface area (Å²) in [5.74, 6) is 0.708. The zero-order chi connectivity index (χ0) is 14.6. The molecule has 2 rings (SSSR count). The molecule has 112 valence electrons. The van der Waals surface area contributed by atoms with E-state index in [1.165, 1.54) is 6.07 Å². The molecule has 0 radical (unpaired) electrons. The maximum absolute atomic E-state index is 13.8. The summed E-state index contributed by atoms with van der Waals surface area (Å²) in [5, 5.41) is 0.0398. The van der Waals surface area contributed by atoms with Crippen LogP contribution in [0.5, 0.6) is 0 Å². The molecular weight excluding hydrogens is 297 g/mol. The van der Waals surface area contributed by atoms with E-state index >= 15 is 0 Å². The minimum Gasteiger partial charge on any atom is -0.212 e. The second kappa shape index (κ2) is 6.91. The van der Waals surface area contributed by atoms with Gasteiger partial charge in [-0.1, -0.05) is 25.1 Å². The van der Waals surface area contributed by atoms with Crippen LogP contribution in [0.4, 0.5) is 4.39 Å². The Kier molecular flexibility index (Phi) is 5.46. The number of halogens is 1. The van der Waals surface area contributed by atoms with Gasteiger partial charge in [-0.05, 0) is 18.9 Å². The van der Waals surface area contributed by atoms with Gasteiger partial charge < -0.3 is 0 Å². The first kappa shape index (κ1) is 15.8. The molecular formula is C14H20FNO2S2. The van der Waals surface area contributed by atoms with Crippen molar-refractivity contribution < 1.29 is 12.8 Å². The number of hydrogen-bond donors (Lipinski definition) is 0. The van der Waals surface area contributed by atoms with E-state index in [9.17, 15) is 12.8 Å². The fourth-order valence-electron chi connectivity index (χ4n) is 2.40. The second-order valence-corrected chi connectivity index (χ2v) is 8.28. The van der Waals surface area contributed by atoms with Gasteiger partial charge in [0.25, 0.3) is 0 Å². The van der Waals surface area contributed by atoms with Crippen LogP contribution in [0, 0.1) is 5.82 Å². The van der Waals surface area contributed by atoms with Gasteiger partial charge in [-0.15, -0.1) is 0 Å². The van der Waals surface area contributed by atoms with E-state index in [0.29, 0.717) is 37.2 Å². The van der Waals surface area contributed by atoms with Crippen molar-refractivity contribution in [3.63, 3.8) is 0 Å². The summed E-state index contributed by atoms with van der Waals surface area (Å²) in [6.45, 7) is 2.87. The van der Waals surface area contributed by atoms with E-state index in [0.717, 1.165) is 0 Å². The van der Waals surface area contributed by atoms with Crippen molar-refractivity contribution in [1.29, 1.82) is 0 Å². The lowest BCUT2D eigenvalue weighted by Crippen LogP contribution is -2.34. The molecule has 0 saturated carbocycles. The first-order chi connectivity index (χ1) is 9.54. The third-order valence-electron chi connectivity index (χ3n) is 3.41. The maximum Gasteiger partial charge on any atom is 0.214 e. The molecule has 1 aliphatic rings. The number of thioether (sulfide) groups is 1. The van der Waals surface area contributed by atoms with Gasteiger partial charge in [0.05, 0.1) is 5.75 Å². The Labute approximate surface area is 124 Å². The van der Waals surface area contributed by atoms with Gasteiger partial charge >= 0.3 is 0 Å². The van der Waals surface area contributed by atoms with E-state index in [4.69, 9.17) is 0 Å². The molecule has 6 heteroatoms. The molecule has 3 nitrogen and oxygen atoms in total. The highest BCUT2D eigenvalue weighted by Gasteiger charge is 2.27. The molecule has 1 aromatic rings. The largest absolute Gasteiger partial charge is 0.214 e. The number of sulfonamides is 1. The van der Waals surface area contributed by atoms with Crippen molar-refractivity contribution in [3.8, 4) is 0 Å². The van der Waals surface area contributed by atoms with Crippen LogP contribution in [0.2, 0.25) is 0 Å². The van der Waals surface area contributed by atoms with Gasteiger partial charge in [-0.2, -0.15) is 11.8 Å². The average molecular weight is 317 g/mol. The van der Waals surface area contributed by atoms with Gasteiger partial charge in [0.1, 0.15) is 5.82 Å². The van der Waals surface area contributed by atoms with Crippen molar-refractivity contribution in [2.75, 3.05) is 24.6 Å². The lowest BCUT2D eigenvalue weighted by molar-refractivity contribution is 0.426. The van der Waals surface area contributed by atoms with E-state index < -0.39 is 10.0 Å². The molecule has 1 aromatic carbocycles. The van der Waals surface area contributed by atoms with Crippen molar-refractivity contribution in [1.82, 2.24) is 4.31 Å². The minimum absolute atomic E-state index is 0.0398. The standard InChI is InChI=1S/C14H20FNO2S2/c1-2-11-20(17,18)16-8-7-14(19-10-9-16)12-5-3-4-6-13(12)15/h3-6,14H,2,7-11H2,1H3. The minimum atomic E-state index is -3.15. The van der Waals surface area contributed by atoms with E-state index in [-0.39, 0.29) is 16.8 Å². The van der Waals surface area contributed by atoms with Crippen molar-refractivity contribution in [3.05, 3.63) is 35.6 Å². The highest BCUT2D eigenvalue weighted by Crippen LogP contribution is 2.36. The molecule has 0 aliphatic carbocycles. The number of hydrogen-bond acceptors (Lipinski definition) is 3. The van der Waals surface area contributed by atoms with Crippen LogP contribution in [0.15, 0.2) is 24.3 Å². The van der Waals surface area contributed by atoms with Gasteiger partial charge in [0.15, 0.2) is 0 Å². The lowest BCUT2D eigenvalue weighted by Gasteiger charge is -2.19. The van der Waals surface area contributed by atoms with E-state index in [1.807, 2.05) is 13.0 Å². The number of rotatable bonds is 4. The predicted molar refractivity (Wildman–Crippen MR) is 81.9 cm³/mol. The van der Waals surface area contributed by atoms with Crippen LogP contribution in [0.25, 0.3) is 0 Å². The molecule has 20 heavy (non-hydrogen) atoms. The third-order valence-corrected chi connectivity index (χ3v) is 6.79. The van der Waals surface area contributed by atoms with Crippen molar-refractivity contribution >= 4 is 21.8 Å². The molecule has 0 spiro atoms. The van der Waals surface area contributed by atoms with Crippen LogP contribution in [-0.2, 0) is 10.0 Å². The smallest absolute Gasteiger partial charge is 0.212 e. The summed E-state index contributed by atoms with van der Waals surface area (Å²) in [7, 11) is -3.15. The van der Waals surface area contributed by atoms with Crippen LogP contribution in [0.3, 0.4) is 0 Å². The Morgan fingerprint density at radius 1 is 1.35 bits per heavy atom. The summed E-state index contributed by atoms with van der Waals surface area (Å²) in [4.78, 5) is 0. The fraction of sp³-hybridized carbons (Fsp3) is 0.571. The van der Waals surface area contributed by atoms with Gasteiger partial charge in [0, 0.05) is 29.7 Å². The Hall–Kier alpha value is -0.590. The molecule has 0 bridgehead atoms. The summed E-state index contributed by atoms with van der Waals surface area (Å²) in [6, 6.07) is 6.77. The Morgan fingerprint density at radius 3 is 2.80 bits per heavy atom. The zero-order valence-electron chi connectivity index (χ0n) is 11.6. The van der Waals surface area contributed by atoms with Crippen LogP contribution in [-0.4, -0.2) is 37.3 Å². The fourth-order valence-corrected chi connectivity index (χ4v) is 5.30. The summed E-state index contributed by atoms with van der Waals surface area (Å²) >= 11 is 1.64. The highest BCUT2D eigenvalue weighted by molar-refractivity contribution is 7.99. The van der Waals surface area contributed by atoms with Gasteiger partial charge in [-0.3, -0.25) is 0 Å². The van der Waals surface area contributed by atoms with Gasteiger partial charge in [0.2, 0.25) is 10.0 Å². The molecule has 0 N–H and O–H groups in total. The van der Waals surface area contributed by atoms with Crippen molar-refractivity contribution in [2.45, 2.75) is 25.0 Å². The van der Waals surface area contributed by atoms with Crippen LogP contribution < -0.4 is 0 Å². The Morgan fingerprint density at radius 2 is 2.10 bits per heavy atom. The zero-order valence-corrected chi connectivity index (χ0v) is 13.2. The molecule has 1 aliphatic heterocycles. The molecule has 1 fully saturated rings. The molecule has 1 atom stereocenters. The lowest BCUT2D eigenvalue weighted by atomic mass is 10.1. The number of benzene rings is 1. The summed E-state index contributed by atoms with van der Waals surface area (Å²) in [6.07, 6.45) is 1.29. The summed E-state index contributed by atoms with van der Waals surface area (Å²) in [5.41, 5.74) is 0.687. The molecule has 0 amide bonds. The Bertz CT molecular complexity index is 548.